The summed E-state index contributed by atoms with van der Waals surface area (Å²) in [4.78, 5) is 25.2. The third-order valence-electron chi connectivity index (χ3n) is 3.72. The van der Waals surface area contributed by atoms with Gasteiger partial charge in [-0.05, 0) is 42.5 Å². The van der Waals surface area contributed by atoms with Gasteiger partial charge in [0.05, 0.1) is 12.1 Å². The van der Waals surface area contributed by atoms with Crippen LogP contribution in [-0.4, -0.2) is 12.2 Å². The molecule has 3 rings (SSSR count). The van der Waals surface area contributed by atoms with Gasteiger partial charge in [0.15, 0.2) is 0 Å². The molecule has 2 aromatic carbocycles. The molecule has 24 heavy (non-hydrogen) atoms. The molecule has 0 aliphatic heterocycles. The summed E-state index contributed by atoms with van der Waals surface area (Å²) < 4.78 is 5.23. The fourth-order valence-corrected chi connectivity index (χ4v) is 3.15. The molecule has 0 aliphatic carbocycles. The van der Waals surface area contributed by atoms with E-state index in [4.69, 9.17) is 4.42 Å². The van der Waals surface area contributed by atoms with Gasteiger partial charge in [-0.3, -0.25) is 4.79 Å². The zero-order valence-electron chi connectivity index (χ0n) is 13.5. The topological polar surface area (TPSA) is 59.3 Å². The van der Waals surface area contributed by atoms with Crippen molar-refractivity contribution in [3.8, 4) is 0 Å². The summed E-state index contributed by atoms with van der Waals surface area (Å²) in [7, 11) is 0. The van der Waals surface area contributed by atoms with Crippen LogP contribution in [0.5, 0.6) is 0 Å². The third-order valence-corrected chi connectivity index (χ3v) is 4.51. The minimum absolute atomic E-state index is 0.119. The summed E-state index contributed by atoms with van der Waals surface area (Å²) in [5, 5.41) is 3.70. The Bertz CT molecular complexity index is 962. The highest BCUT2D eigenvalue weighted by Crippen LogP contribution is 2.25. The fraction of sp³-hybridized carbons (Fsp3) is 0.158. The molecule has 0 bridgehead atoms. The maximum Gasteiger partial charge on any atom is 0.336 e. The van der Waals surface area contributed by atoms with E-state index in [0.29, 0.717) is 11.1 Å². The smallest absolute Gasteiger partial charge is 0.336 e. The standard InChI is InChI=1S/C19H17NO3S/c1-12-7-8-14-13(11-19(22)23-16(14)9-12)10-18(21)20-15-5-3-4-6-17(15)24-2/h3-9,11H,10H2,1-2H3,(H,20,21). The largest absolute Gasteiger partial charge is 0.423 e. The van der Waals surface area contributed by atoms with Crippen molar-refractivity contribution < 1.29 is 9.21 Å². The van der Waals surface area contributed by atoms with E-state index in [1.165, 1.54) is 6.07 Å². The van der Waals surface area contributed by atoms with E-state index in [0.717, 1.165) is 21.5 Å². The van der Waals surface area contributed by atoms with Gasteiger partial charge in [-0.25, -0.2) is 4.79 Å². The number of hydrogen-bond donors (Lipinski definition) is 1. The van der Waals surface area contributed by atoms with Gasteiger partial charge < -0.3 is 9.73 Å². The summed E-state index contributed by atoms with van der Waals surface area (Å²) in [6.45, 7) is 1.93. The second-order valence-electron chi connectivity index (χ2n) is 5.52. The molecule has 0 atom stereocenters. The molecule has 0 saturated carbocycles. The second kappa shape index (κ2) is 6.93. The zero-order valence-corrected chi connectivity index (χ0v) is 14.3. The molecule has 122 valence electrons. The maximum absolute atomic E-state index is 12.4. The van der Waals surface area contributed by atoms with Gasteiger partial charge in [0.2, 0.25) is 5.91 Å². The number of para-hydroxylation sites is 1. The number of aryl methyl sites for hydroxylation is 1. The van der Waals surface area contributed by atoms with Crippen LogP contribution in [0.15, 0.2) is 62.6 Å². The van der Waals surface area contributed by atoms with Crippen molar-refractivity contribution in [2.75, 3.05) is 11.6 Å². The molecule has 1 heterocycles. The molecule has 0 unspecified atom stereocenters. The van der Waals surface area contributed by atoms with E-state index >= 15 is 0 Å². The number of benzene rings is 2. The lowest BCUT2D eigenvalue weighted by molar-refractivity contribution is -0.115. The minimum Gasteiger partial charge on any atom is -0.423 e. The Morgan fingerprint density at radius 2 is 1.96 bits per heavy atom. The van der Waals surface area contributed by atoms with Crippen molar-refractivity contribution in [1.29, 1.82) is 0 Å². The van der Waals surface area contributed by atoms with Crippen LogP contribution in [0.4, 0.5) is 5.69 Å². The first kappa shape index (κ1) is 16.3. The van der Waals surface area contributed by atoms with Crippen LogP contribution in [0.1, 0.15) is 11.1 Å². The summed E-state index contributed by atoms with van der Waals surface area (Å²) in [6.07, 6.45) is 2.08. The third kappa shape index (κ3) is 3.51. The van der Waals surface area contributed by atoms with E-state index in [2.05, 4.69) is 5.32 Å². The number of amides is 1. The van der Waals surface area contributed by atoms with Crippen LogP contribution in [0, 0.1) is 6.92 Å². The average molecular weight is 339 g/mol. The molecular weight excluding hydrogens is 322 g/mol. The Morgan fingerprint density at radius 3 is 2.75 bits per heavy atom. The van der Waals surface area contributed by atoms with Gasteiger partial charge in [-0.2, -0.15) is 0 Å². The summed E-state index contributed by atoms with van der Waals surface area (Å²) in [5.74, 6) is -0.163. The average Bonchev–Trinajstić information content (AvgIpc) is 2.54. The predicted octanol–water partition coefficient (Wildman–Crippen LogP) is 4.00. The highest BCUT2D eigenvalue weighted by molar-refractivity contribution is 7.98. The molecule has 0 spiro atoms. The Labute approximate surface area is 143 Å². The SMILES string of the molecule is CSc1ccccc1NC(=O)Cc1cc(=O)oc2cc(C)ccc12. The molecule has 0 fully saturated rings. The van der Waals surface area contributed by atoms with Gasteiger partial charge in [0, 0.05) is 16.3 Å². The first-order valence-corrected chi connectivity index (χ1v) is 8.75. The van der Waals surface area contributed by atoms with Crippen LogP contribution in [0.2, 0.25) is 0 Å². The fourth-order valence-electron chi connectivity index (χ4n) is 2.60. The van der Waals surface area contributed by atoms with Gasteiger partial charge in [-0.15, -0.1) is 11.8 Å². The number of carbonyl (C=O) groups is 1. The second-order valence-corrected chi connectivity index (χ2v) is 6.36. The lowest BCUT2D eigenvalue weighted by Gasteiger charge is -2.10. The normalized spacial score (nSPS) is 10.8. The van der Waals surface area contributed by atoms with Gasteiger partial charge in [0.1, 0.15) is 5.58 Å². The highest BCUT2D eigenvalue weighted by Gasteiger charge is 2.12. The van der Waals surface area contributed by atoms with Gasteiger partial charge in [0.25, 0.3) is 0 Å². The Morgan fingerprint density at radius 1 is 1.17 bits per heavy atom. The van der Waals surface area contributed by atoms with E-state index in [1.807, 2.05) is 49.6 Å². The lowest BCUT2D eigenvalue weighted by atomic mass is 10.1. The molecule has 1 aromatic heterocycles. The van der Waals surface area contributed by atoms with Crippen molar-refractivity contribution in [1.82, 2.24) is 0 Å². The quantitative estimate of drug-likeness (QED) is 0.576. The summed E-state index contributed by atoms with van der Waals surface area (Å²) in [6, 6.07) is 14.6. The van der Waals surface area contributed by atoms with Crippen molar-refractivity contribution in [3.05, 3.63) is 70.1 Å². The molecule has 1 amide bonds. The van der Waals surface area contributed by atoms with Gasteiger partial charge >= 0.3 is 5.63 Å². The van der Waals surface area contributed by atoms with Gasteiger partial charge in [-0.1, -0.05) is 24.3 Å². The van der Waals surface area contributed by atoms with Crippen molar-refractivity contribution in [2.24, 2.45) is 0 Å². The molecule has 5 heteroatoms. The number of nitrogens with one attached hydrogen (secondary N) is 1. The van der Waals surface area contributed by atoms with Crippen molar-refractivity contribution in [2.45, 2.75) is 18.2 Å². The van der Waals surface area contributed by atoms with Crippen LogP contribution in [0.25, 0.3) is 11.0 Å². The Balaban J connectivity index is 1.89. The van der Waals surface area contributed by atoms with Crippen LogP contribution < -0.4 is 10.9 Å². The number of rotatable bonds is 4. The molecule has 3 aromatic rings. The molecule has 1 N–H and O–H groups in total. The summed E-state index contributed by atoms with van der Waals surface area (Å²) in [5.41, 5.74) is 2.51. The van der Waals surface area contributed by atoms with Crippen LogP contribution in [0.3, 0.4) is 0 Å². The Hall–Kier alpha value is -2.53. The molecule has 4 nitrogen and oxygen atoms in total. The lowest BCUT2D eigenvalue weighted by Crippen LogP contribution is -2.16. The minimum atomic E-state index is -0.444. The zero-order chi connectivity index (χ0) is 17.1. The van der Waals surface area contributed by atoms with E-state index in [-0.39, 0.29) is 12.3 Å². The molecule has 0 saturated heterocycles. The first-order valence-electron chi connectivity index (χ1n) is 7.53. The first-order chi connectivity index (χ1) is 11.6. The van der Waals surface area contributed by atoms with Crippen LogP contribution in [-0.2, 0) is 11.2 Å². The summed E-state index contributed by atoms with van der Waals surface area (Å²) >= 11 is 1.57. The molecule has 0 radical (unpaired) electrons. The highest BCUT2D eigenvalue weighted by atomic mass is 32.2. The molecule has 0 aliphatic rings. The van der Waals surface area contributed by atoms with Crippen molar-refractivity contribution >= 4 is 34.3 Å². The van der Waals surface area contributed by atoms with E-state index in [1.54, 1.807) is 17.8 Å². The van der Waals surface area contributed by atoms with Crippen molar-refractivity contribution in [3.63, 3.8) is 0 Å². The number of fused-ring (bicyclic) bond motifs is 1. The maximum atomic E-state index is 12.4. The van der Waals surface area contributed by atoms with Crippen LogP contribution >= 0.6 is 11.8 Å². The van der Waals surface area contributed by atoms with E-state index in [9.17, 15) is 9.59 Å². The predicted molar refractivity (Wildman–Crippen MR) is 97.8 cm³/mol. The molecular formula is C19H17NO3S. The number of carbonyl (C=O) groups excluding carboxylic acids is 1. The number of hydrogen-bond acceptors (Lipinski definition) is 4. The number of anilines is 1. The monoisotopic (exact) mass is 339 g/mol. The number of thioether (sulfide) groups is 1. The Kier molecular flexibility index (Phi) is 4.71. The van der Waals surface area contributed by atoms with E-state index < -0.39 is 5.63 Å².